The van der Waals surface area contributed by atoms with Crippen LogP contribution in [-0.4, -0.2) is 0 Å². The molecule has 0 aliphatic heterocycles. The Morgan fingerprint density at radius 3 is 0.750 bits per heavy atom. The minimum absolute atomic E-state index is 1.33. The molecule has 10 aromatic carbocycles. The Balaban J connectivity index is 0.000000115. The standard InChI is InChI=1S/2C20H12/c1-5-13-6-2-11-17-18-12-4-8-14-7-3-10-16(20(14)18)15(9-1)19(13)17;1-2-8-16-15(7-1)17-9-3-5-13-11-12-14-6-4-10-18(16)20(14)19(13)17/h2*1-12H. The lowest BCUT2D eigenvalue weighted by molar-refractivity contribution is 1.78. The third kappa shape index (κ3) is 2.91. The van der Waals surface area contributed by atoms with Crippen LogP contribution in [0.15, 0.2) is 146 Å². The molecule has 0 unspecified atom stereocenters. The summed E-state index contributed by atoms with van der Waals surface area (Å²) in [6.45, 7) is 0. The number of fused-ring (bicyclic) bond motifs is 5. The van der Waals surface area contributed by atoms with E-state index in [1.54, 1.807) is 0 Å². The third-order valence-electron chi connectivity index (χ3n) is 8.78. The predicted molar refractivity (Wildman–Crippen MR) is 175 cm³/mol. The van der Waals surface area contributed by atoms with Crippen molar-refractivity contribution >= 4 is 86.2 Å². The maximum atomic E-state index is 2.25. The van der Waals surface area contributed by atoms with Crippen molar-refractivity contribution in [2.75, 3.05) is 0 Å². The van der Waals surface area contributed by atoms with Gasteiger partial charge < -0.3 is 0 Å². The van der Waals surface area contributed by atoms with Crippen molar-refractivity contribution in [2.24, 2.45) is 0 Å². The number of rotatable bonds is 0. The summed E-state index contributed by atoms with van der Waals surface area (Å²) in [6, 6.07) is 52.9. The molecule has 0 aliphatic rings. The largest absolute Gasteiger partial charge is 0.0616 e. The molecule has 0 nitrogen and oxygen atoms in total. The molecule has 10 rings (SSSR count). The van der Waals surface area contributed by atoms with Gasteiger partial charge in [-0.05, 0) is 86.2 Å². The van der Waals surface area contributed by atoms with Crippen LogP contribution in [-0.2, 0) is 0 Å². The molecule has 0 saturated heterocycles. The molecule has 0 fully saturated rings. The van der Waals surface area contributed by atoms with Crippen LogP contribution in [0, 0.1) is 0 Å². The van der Waals surface area contributed by atoms with Crippen molar-refractivity contribution in [2.45, 2.75) is 0 Å². The van der Waals surface area contributed by atoms with Crippen molar-refractivity contribution in [3.8, 4) is 0 Å². The zero-order chi connectivity index (χ0) is 26.2. The van der Waals surface area contributed by atoms with Gasteiger partial charge in [0, 0.05) is 0 Å². The van der Waals surface area contributed by atoms with Gasteiger partial charge in [-0.2, -0.15) is 0 Å². The smallest absolute Gasteiger partial charge is 0.00203 e. The van der Waals surface area contributed by atoms with Crippen LogP contribution in [0.3, 0.4) is 0 Å². The Hall–Kier alpha value is -5.20. The topological polar surface area (TPSA) is 0 Å². The van der Waals surface area contributed by atoms with Crippen molar-refractivity contribution in [3.63, 3.8) is 0 Å². The van der Waals surface area contributed by atoms with E-state index in [4.69, 9.17) is 0 Å². The Bertz CT molecular complexity index is 2260. The fourth-order valence-corrected chi connectivity index (χ4v) is 7.14. The summed E-state index contributed by atoms with van der Waals surface area (Å²) in [4.78, 5) is 0. The van der Waals surface area contributed by atoms with Gasteiger partial charge in [-0.3, -0.25) is 0 Å². The summed E-state index contributed by atoms with van der Waals surface area (Å²) < 4.78 is 0. The predicted octanol–water partition coefficient (Wildman–Crippen LogP) is 11.5. The quantitative estimate of drug-likeness (QED) is 0.142. The van der Waals surface area contributed by atoms with Crippen molar-refractivity contribution in [1.82, 2.24) is 0 Å². The van der Waals surface area contributed by atoms with Crippen molar-refractivity contribution < 1.29 is 0 Å². The first kappa shape index (κ1) is 21.7. The van der Waals surface area contributed by atoms with Crippen LogP contribution < -0.4 is 0 Å². The van der Waals surface area contributed by atoms with E-state index < -0.39 is 0 Å². The summed E-state index contributed by atoms with van der Waals surface area (Å²) in [7, 11) is 0. The highest BCUT2D eigenvalue weighted by molar-refractivity contribution is 6.34. The van der Waals surface area contributed by atoms with Crippen molar-refractivity contribution in [1.29, 1.82) is 0 Å². The maximum absolute atomic E-state index is 2.25. The lowest BCUT2D eigenvalue weighted by Gasteiger charge is -2.14. The number of benzene rings is 10. The average molecular weight is 505 g/mol. The highest BCUT2D eigenvalue weighted by Gasteiger charge is 2.13. The monoisotopic (exact) mass is 504 g/mol. The van der Waals surface area contributed by atoms with Gasteiger partial charge in [-0.1, -0.05) is 146 Å². The van der Waals surface area contributed by atoms with E-state index in [0.717, 1.165) is 0 Å². The Kier molecular flexibility index (Phi) is 4.42. The fraction of sp³-hybridized carbons (Fsp3) is 0. The second-order valence-corrected chi connectivity index (χ2v) is 10.8. The number of hydrogen-bond acceptors (Lipinski definition) is 0. The normalized spacial score (nSPS) is 12.0. The van der Waals surface area contributed by atoms with Gasteiger partial charge in [0.15, 0.2) is 0 Å². The molecule has 0 aliphatic carbocycles. The summed E-state index contributed by atoms with van der Waals surface area (Å²) in [5, 5.41) is 21.8. The second kappa shape index (κ2) is 8.15. The van der Waals surface area contributed by atoms with Crippen LogP contribution in [0.25, 0.3) is 86.2 Å². The summed E-state index contributed by atoms with van der Waals surface area (Å²) >= 11 is 0. The first-order valence-corrected chi connectivity index (χ1v) is 14.0. The van der Waals surface area contributed by atoms with E-state index in [2.05, 4.69) is 146 Å². The Labute approximate surface area is 231 Å². The third-order valence-corrected chi connectivity index (χ3v) is 8.78. The van der Waals surface area contributed by atoms with E-state index in [0.29, 0.717) is 0 Å². The lowest BCUT2D eigenvalue weighted by atomic mass is 9.89. The molecule has 184 valence electrons. The number of hydrogen-bond donors (Lipinski definition) is 0. The van der Waals surface area contributed by atoms with Crippen LogP contribution in [0.1, 0.15) is 0 Å². The SMILES string of the molecule is c1cc2cccc3c4cccc5cccc(c(c1)c23)c54.c1ccc2c(c1)c1cccc3ccc4cccc2c4c31. The van der Waals surface area contributed by atoms with Crippen LogP contribution in [0.4, 0.5) is 0 Å². The van der Waals surface area contributed by atoms with Gasteiger partial charge in [0.25, 0.3) is 0 Å². The van der Waals surface area contributed by atoms with Crippen LogP contribution in [0.2, 0.25) is 0 Å². The van der Waals surface area contributed by atoms with Gasteiger partial charge in [-0.25, -0.2) is 0 Å². The molecule has 0 N–H and O–H groups in total. The Morgan fingerprint density at radius 2 is 0.425 bits per heavy atom. The van der Waals surface area contributed by atoms with Gasteiger partial charge in [0.2, 0.25) is 0 Å². The Morgan fingerprint density at radius 1 is 0.175 bits per heavy atom. The first-order valence-electron chi connectivity index (χ1n) is 14.0. The minimum atomic E-state index is 1.33. The molecule has 0 spiro atoms. The average Bonchev–Trinajstić information content (AvgIpc) is 3.03. The molecule has 0 amide bonds. The summed E-state index contributed by atoms with van der Waals surface area (Å²) in [6.07, 6.45) is 0. The fourth-order valence-electron chi connectivity index (χ4n) is 7.14. The zero-order valence-corrected chi connectivity index (χ0v) is 21.9. The molecule has 0 heterocycles. The molecular weight excluding hydrogens is 480 g/mol. The van der Waals surface area contributed by atoms with Gasteiger partial charge >= 0.3 is 0 Å². The second-order valence-electron chi connectivity index (χ2n) is 10.8. The highest BCUT2D eigenvalue weighted by atomic mass is 14.2. The molecular formula is C40H24. The summed E-state index contributed by atoms with van der Waals surface area (Å²) in [5.41, 5.74) is 0. The van der Waals surface area contributed by atoms with Gasteiger partial charge in [0.05, 0.1) is 0 Å². The van der Waals surface area contributed by atoms with Crippen LogP contribution >= 0.6 is 0 Å². The molecule has 0 aromatic heterocycles. The molecule has 0 saturated carbocycles. The summed E-state index contributed by atoms with van der Waals surface area (Å²) in [5.74, 6) is 0. The maximum Gasteiger partial charge on any atom is -0.00203 e. The molecule has 40 heavy (non-hydrogen) atoms. The molecule has 10 aromatic rings. The molecule has 0 heteroatoms. The lowest BCUT2D eigenvalue weighted by Crippen LogP contribution is -1.86. The van der Waals surface area contributed by atoms with E-state index in [1.807, 2.05) is 0 Å². The first-order chi connectivity index (χ1) is 19.9. The molecule has 0 bridgehead atoms. The van der Waals surface area contributed by atoms with Crippen LogP contribution in [0.5, 0.6) is 0 Å². The van der Waals surface area contributed by atoms with Crippen molar-refractivity contribution in [3.05, 3.63) is 146 Å². The van der Waals surface area contributed by atoms with Gasteiger partial charge in [0.1, 0.15) is 0 Å². The van der Waals surface area contributed by atoms with E-state index in [-0.39, 0.29) is 0 Å². The minimum Gasteiger partial charge on any atom is -0.0616 e. The van der Waals surface area contributed by atoms with Gasteiger partial charge in [-0.15, -0.1) is 0 Å². The highest BCUT2D eigenvalue weighted by Crippen LogP contribution is 2.41. The van der Waals surface area contributed by atoms with E-state index in [9.17, 15) is 0 Å². The van der Waals surface area contributed by atoms with E-state index in [1.165, 1.54) is 86.2 Å². The van der Waals surface area contributed by atoms with E-state index >= 15 is 0 Å². The molecule has 0 radical (unpaired) electrons. The zero-order valence-electron chi connectivity index (χ0n) is 21.9. The molecule has 0 atom stereocenters.